The van der Waals surface area contributed by atoms with Crippen LogP contribution in [0, 0.1) is 6.92 Å². The van der Waals surface area contributed by atoms with Crippen LogP contribution in [0.1, 0.15) is 21.7 Å². The molecule has 5 aromatic rings. The summed E-state index contributed by atoms with van der Waals surface area (Å²) in [7, 11) is 1.62. The summed E-state index contributed by atoms with van der Waals surface area (Å²) in [4.78, 5) is 20.5. The van der Waals surface area contributed by atoms with Gasteiger partial charge in [-0.3, -0.25) is 9.69 Å². The second-order valence-corrected chi connectivity index (χ2v) is 9.07. The molecule has 0 saturated carbocycles. The van der Waals surface area contributed by atoms with Crippen molar-refractivity contribution in [2.75, 3.05) is 12.0 Å². The highest BCUT2D eigenvalue weighted by Crippen LogP contribution is 2.36. The van der Waals surface area contributed by atoms with E-state index >= 15 is 0 Å². The largest absolute Gasteiger partial charge is 0.497 e. The molecule has 0 bridgehead atoms. The second-order valence-electron chi connectivity index (χ2n) is 7.65. The third-order valence-corrected chi connectivity index (χ3v) is 6.84. The third kappa shape index (κ3) is 4.16. The Morgan fingerprint density at radius 3 is 2.62 bits per heavy atom. The number of anilines is 1. The van der Waals surface area contributed by atoms with Crippen molar-refractivity contribution in [1.82, 2.24) is 10.1 Å². The van der Waals surface area contributed by atoms with E-state index in [-0.39, 0.29) is 5.91 Å². The fourth-order valence-electron chi connectivity index (χ4n) is 3.73. The fourth-order valence-corrected chi connectivity index (χ4v) is 4.89. The first-order valence-electron chi connectivity index (χ1n) is 10.6. The van der Waals surface area contributed by atoms with Crippen molar-refractivity contribution >= 4 is 44.2 Å². The maximum atomic E-state index is 14.1. The van der Waals surface area contributed by atoms with Gasteiger partial charge in [0.05, 0.1) is 28.9 Å². The van der Waals surface area contributed by atoms with E-state index in [1.54, 1.807) is 25.0 Å². The highest BCUT2D eigenvalue weighted by molar-refractivity contribution is 7.22. The molecule has 5 rings (SSSR count). The summed E-state index contributed by atoms with van der Waals surface area (Å²) in [5.74, 6) is 0.866. The molecule has 1 amide bonds. The highest BCUT2D eigenvalue weighted by atomic mass is 35.5. The van der Waals surface area contributed by atoms with Crippen LogP contribution in [0.25, 0.3) is 21.5 Å². The molecule has 0 aliphatic carbocycles. The van der Waals surface area contributed by atoms with Gasteiger partial charge >= 0.3 is 0 Å². The highest BCUT2D eigenvalue weighted by Gasteiger charge is 2.30. The van der Waals surface area contributed by atoms with Crippen LogP contribution in [0.3, 0.4) is 0 Å². The molecule has 0 spiro atoms. The van der Waals surface area contributed by atoms with Gasteiger partial charge in [0.25, 0.3) is 5.91 Å². The summed E-state index contributed by atoms with van der Waals surface area (Å²) >= 11 is 7.87. The van der Waals surface area contributed by atoms with Crippen molar-refractivity contribution in [2.24, 2.45) is 0 Å². The molecule has 0 aliphatic rings. The Bertz CT molecular complexity index is 1480. The molecular weight excluding hydrogens is 470 g/mol. The summed E-state index contributed by atoms with van der Waals surface area (Å²) < 4.78 is 11.8. The molecule has 0 aliphatic heterocycles. The number of thiazole rings is 1. The van der Waals surface area contributed by atoms with Gasteiger partial charge in [-0.25, -0.2) is 4.98 Å². The summed E-state index contributed by atoms with van der Waals surface area (Å²) in [6.45, 7) is 2.06. The Morgan fingerprint density at radius 1 is 1.09 bits per heavy atom. The van der Waals surface area contributed by atoms with Crippen LogP contribution in [-0.4, -0.2) is 23.2 Å². The predicted octanol–water partition coefficient (Wildman–Crippen LogP) is 6.77. The molecule has 0 fully saturated rings. The van der Waals surface area contributed by atoms with Crippen molar-refractivity contribution in [2.45, 2.75) is 13.5 Å². The maximum Gasteiger partial charge on any atom is 0.266 e. The number of fused-ring (bicyclic) bond motifs is 1. The van der Waals surface area contributed by atoms with Gasteiger partial charge in [-0.15, -0.1) is 0 Å². The SMILES string of the molecule is COc1ccc2sc(N(Cc3ccccc3)C(=O)c3c(-c4ccccc4Cl)noc3C)nc2c1. The van der Waals surface area contributed by atoms with E-state index in [1.807, 2.05) is 66.7 Å². The number of carbonyl (C=O) groups is 1. The van der Waals surface area contributed by atoms with E-state index in [0.717, 1.165) is 15.8 Å². The fraction of sp³-hybridized carbons (Fsp3) is 0.115. The van der Waals surface area contributed by atoms with Crippen molar-refractivity contribution in [3.05, 3.63) is 94.7 Å². The smallest absolute Gasteiger partial charge is 0.266 e. The van der Waals surface area contributed by atoms with Gasteiger partial charge in [-0.05, 0) is 30.7 Å². The number of amides is 1. The Hall–Kier alpha value is -3.68. The van der Waals surface area contributed by atoms with E-state index in [4.69, 9.17) is 25.8 Å². The first-order chi connectivity index (χ1) is 16.5. The molecular formula is C26H20ClN3O3S. The molecule has 0 saturated heterocycles. The lowest BCUT2D eigenvalue weighted by atomic mass is 10.0. The maximum absolute atomic E-state index is 14.1. The number of ether oxygens (including phenoxy) is 1. The van der Waals surface area contributed by atoms with Crippen LogP contribution in [0.2, 0.25) is 5.02 Å². The first kappa shape index (κ1) is 22.1. The molecule has 0 N–H and O–H groups in total. The third-order valence-electron chi connectivity index (χ3n) is 5.45. The van der Waals surface area contributed by atoms with Crippen LogP contribution < -0.4 is 9.64 Å². The van der Waals surface area contributed by atoms with Gasteiger partial charge < -0.3 is 9.26 Å². The molecule has 2 aromatic heterocycles. The first-order valence-corrected chi connectivity index (χ1v) is 11.8. The lowest BCUT2D eigenvalue weighted by Crippen LogP contribution is -2.31. The van der Waals surface area contributed by atoms with Crippen LogP contribution >= 0.6 is 22.9 Å². The number of carbonyl (C=O) groups excluding carboxylic acids is 1. The quantitative estimate of drug-likeness (QED) is 0.263. The molecule has 0 radical (unpaired) electrons. The zero-order chi connectivity index (χ0) is 23.7. The van der Waals surface area contributed by atoms with E-state index in [2.05, 4.69) is 5.16 Å². The summed E-state index contributed by atoms with van der Waals surface area (Å²) in [5, 5.41) is 5.24. The van der Waals surface area contributed by atoms with E-state index in [0.29, 0.717) is 45.0 Å². The minimum Gasteiger partial charge on any atom is -0.497 e. The molecule has 2 heterocycles. The minimum absolute atomic E-state index is 0.261. The predicted molar refractivity (Wildman–Crippen MR) is 135 cm³/mol. The Morgan fingerprint density at radius 2 is 1.85 bits per heavy atom. The summed E-state index contributed by atoms with van der Waals surface area (Å²) in [5.41, 5.74) is 3.15. The number of methoxy groups -OCH3 is 1. The van der Waals surface area contributed by atoms with Gasteiger partial charge in [0.1, 0.15) is 22.8 Å². The zero-order valence-corrected chi connectivity index (χ0v) is 20.1. The molecule has 170 valence electrons. The topological polar surface area (TPSA) is 68.5 Å². The monoisotopic (exact) mass is 489 g/mol. The average molecular weight is 490 g/mol. The molecule has 8 heteroatoms. The summed E-state index contributed by atoms with van der Waals surface area (Å²) in [6.07, 6.45) is 0. The van der Waals surface area contributed by atoms with Gasteiger partial charge in [-0.1, -0.05) is 76.6 Å². The second kappa shape index (κ2) is 9.29. The number of hydrogen-bond donors (Lipinski definition) is 0. The number of aromatic nitrogens is 2. The Labute approximate surface area is 205 Å². The van der Waals surface area contributed by atoms with E-state index in [1.165, 1.54) is 11.3 Å². The molecule has 0 atom stereocenters. The Kier molecular flexibility index (Phi) is 6.04. The lowest BCUT2D eigenvalue weighted by Gasteiger charge is -2.20. The standard InChI is InChI=1S/C26H20ClN3O3S/c1-16-23(24(29-33-16)19-10-6-7-11-20(19)27)25(31)30(15-17-8-4-3-5-9-17)26-28-21-14-18(32-2)12-13-22(21)34-26/h3-14H,15H2,1-2H3. The van der Waals surface area contributed by atoms with Gasteiger partial charge in [0, 0.05) is 11.6 Å². The van der Waals surface area contributed by atoms with Crippen molar-refractivity contribution < 1.29 is 14.1 Å². The van der Waals surface area contributed by atoms with Crippen molar-refractivity contribution in [1.29, 1.82) is 0 Å². The van der Waals surface area contributed by atoms with Crippen molar-refractivity contribution in [3.8, 4) is 17.0 Å². The molecule has 3 aromatic carbocycles. The van der Waals surface area contributed by atoms with Gasteiger partial charge in [-0.2, -0.15) is 0 Å². The molecule has 34 heavy (non-hydrogen) atoms. The minimum atomic E-state index is -0.261. The van der Waals surface area contributed by atoms with Crippen LogP contribution in [0.15, 0.2) is 77.3 Å². The normalized spacial score (nSPS) is 11.0. The summed E-state index contributed by atoms with van der Waals surface area (Å²) in [6, 6.07) is 22.7. The number of benzene rings is 3. The van der Waals surface area contributed by atoms with Gasteiger partial charge in [0.2, 0.25) is 0 Å². The number of hydrogen-bond acceptors (Lipinski definition) is 6. The molecule has 6 nitrogen and oxygen atoms in total. The van der Waals surface area contributed by atoms with Crippen LogP contribution in [0.4, 0.5) is 5.13 Å². The van der Waals surface area contributed by atoms with E-state index < -0.39 is 0 Å². The zero-order valence-electron chi connectivity index (χ0n) is 18.5. The number of halogens is 1. The number of aryl methyl sites for hydroxylation is 1. The number of rotatable bonds is 6. The van der Waals surface area contributed by atoms with Gasteiger partial charge in [0.15, 0.2) is 5.13 Å². The average Bonchev–Trinajstić information content (AvgIpc) is 3.45. The number of nitrogens with zero attached hydrogens (tertiary/aromatic N) is 3. The Balaban J connectivity index is 1.63. The van der Waals surface area contributed by atoms with E-state index in [9.17, 15) is 4.79 Å². The molecule has 0 unspecified atom stereocenters. The van der Waals surface area contributed by atoms with Crippen LogP contribution in [0.5, 0.6) is 5.75 Å². The van der Waals surface area contributed by atoms with Crippen molar-refractivity contribution in [3.63, 3.8) is 0 Å². The van der Waals surface area contributed by atoms with Crippen LogP contribution in [-0.2, 0) is 6.54 Å². The lowest BCUT2D eigenvalue weighted by molar-refractivity contribution is 0.0984.